The topological polar surface area (TPSA) is 29.5 Å². The number of carbonyl (C=O) groups is 1. The van der Waals surface area contributed by atoms with E-state index in [2.05, 4.69) is 0 Å². The highest BCUT2D eigenvalue weighted by atomic mass is 35.5. The molecule has 0 aliphatic heterocycles. The van der Waals surface area contributed by atoms with Gasteiger partial charge < -0.3 is 9.64 Å². The van der Waals surface area contributed by atoms with Gasteiger partial charge in [-0.05, 0) is 30.7 Å². The van der Waals surface area contributed by atoms with E-state index in [0.29, 0.717) is 18.0 Å². The second-order valence-corrected chi connectivity index (χ2v) is 5.80. The molecule has 0 bridgehead atoms. The number of hydrogen-bond acceptors (Lipinski definition) is 2. The molecule has 0 saturated heterocycles. The summed E-state index contributed by atoms with van der Waals surface area (Å²) in [6.07, 6.45) is 0.389. The van der Waals surface area contributed by atoms with Gasteiger partial charge >= 0.3 is 0 Å². The Morgan fingerprint density at radius 1 is 1.18 bits per heavy atom. The van der Waals surface area contributed by atoms with Crippen LogP contribution in [0.15, 0.2) is 42.5 Å². The Morgan fingerprint density at radius 2 is 1.86 bits per heavy atom. The van der Waals surface area contributed by atoms with Gasteiger partial charge in [-0.1, -0.05) is 41.4 Å². The lowest BCUT2D eigenvalue weighted by atomic mass is 10.1. The summed E-state index contributed by atoms with van der Waals surface area (Å²) in [6, 6.07) is 13.4. The number of aryl methyl sites for hydroxylation is 1. The van der Waals surface area contributed by atoms with Gasteiger partial charge in [-0.25, -0.2) is 0 Å². The van der Waals surface area contributed by atoms with Gasteiger partial charge in [0.25, 0.3) is 0 Å². The summed E-state index contributed by atoms with van der Waals surface area (Å²) in [5.74, 6) is 0.797. The molecule has 0 aliphatic rings. The second kappa shape index (κ2) is 7.32. The van der Waals surface area contributed by atoms with E-state index in [1.54, 1.807) is 25.1 Å². The van der Waals surface area contributed by atoms with Crippen LogP contribution in [0.1, 0.15) is 16.7 Å². The summed E-state index contributed by atoms with van der Waals surface area (Å²) in [7, 11) is 3.40. The lowest BCUT2D eigenvalue weighted by Gasteiger charge is -2.19. The minimum atomic E-state index is 0.0610. The van der Waals surface area contributed by atoms with Crippen LogP contribution in [-0.4, -0.2) is 25.0 Å². The first-order chi connectivity index (χ1) is 10.5. The summed E-state index contributed by atoms with van der Waals surface area (Å²) < 4.78 is 5.32. The van der Waals surface area contributed by atoms with Crippen molar-refractivity contribution >= 4 is 17.5 Å². The first kappa shape index (κ1) is 16.4. The third-order valence-electron chi connectivity index (χ3n) is 3.55. The standard InChI is InChI=1S/C18H20ClNO2/c1-13-4-6-14(7-5-13)10-18(21)20(2)12-15-11-16(19)8-9-17(15)22-3/h4-9,11H,10,12H2,1-3H3. The molecule has 2 aromatic carbocycles. The summed E-state index contributed by atoms with van der Waals surface area (Å²) in [4.78, 5) is 14.0. The molecular formula is C18H20ClNO2. The monoisotopic (exact) mass is 317 g/mol. The van der Waals surface area contributed by atoms with Crippen LogP contribution in [0.5, 0.6) is 5.75 Å². The molecule has 22 heavy (non-hydrogen) atoms. The molecular weight excluding hydrogens is 298 g/mol. The van der Waals surface area contributed by atoms with Crippen molar-refractivity contribution in [3.05, 3.63) is 64.2 Å². The highest BCUT2D eigenvalue weighted by molar-refractivity contribution is 6.30. The lowest BCUT2D eigenvalue weighted by Crippen LogP contribution is -2.27. The Labute approximate surface area is 136 Å². The van der Waals surface area contributed by atoms with Crippen LogP contribution in [0.3, 0.4) is 0 Å². The highest BCUT2D eigenvalue weighted by Gasteiger charge is 2.13. The van der Waals surface area contributed by atoms with Crippen molar-refractivity contribution in [2.45, 2.75) is 19.9 Å². The molecule has 0 spiro atoms. The number of halogens is 1. The maximum absolute atomic E-state index is 12.3. The average Bonchev–Trinajstić information content (AvgIpc) is 2.49. The largest absolute Gasteiger partial charge is 0.496 e. The number of likely N-dealkylation sites (N-methyl/N-ethyl adjacent to an activating group) is 1. The Bertz CT molecular complexity index is 653. The van der Waals surface area contributed by atoms with Gasteiger partial charge in [-0.3, -0.25) is 4.79 Å². The molecule has 1 amide bonds. The summed E-state index contributed by atoms with van der Waals surface area (Å²) >= 11 is 6.02. The van der Waals surface area contributed by atoms with E-state index in [-0.39, 0.29) is 5.91 Å². The molecule has 0 aromatic heterocycles. The molecule has 0 radical (unpaired) electrons. The molecule has 0 unspecified atom stereocenters. The highest BCUT2D eigenvalue weighted by Crippen LogP contribution is 2.24. The molecule has 116 valence electrons. The van der Waals surface area contributed by atoms with E-state index in [1.165, 1.54) is 5.56 Å². The molecule has 0 aliphatic carbocycles. The van der Waals surface area contributed by atoms with Gasteiger partial charge in [0.1, 0.15) is 5.75 Å². The number of rotatable bonds is 5. The van der Waals surface area contributed by atoms with Crippen molar-refractivity contribution in [1.29, 1.82) is 0 Å². The number of methoxy groups -OCH3 is 1. The minimum Gasteiger partial charge on any atom is -0.496 e. The SMILES string of the molecule is COc1ccc(Cl)cc1CN(C)C(=O)Cc1ccc(C)cc1. The van der Waals surface area contributed by atoms with Gasteiger partial charge in [0.05, 0.1) is 13.5 Å². The third kappa shape index (κ3) is 4.25. The van der Waals surface area contributed by atoms with E-state index in [4.69, 9.17) is 16.3 Å². The zero-order valence-electron chi connectivity index (χ0n) is 13.1. The van der Waals surface area contributed by atoms with Crippen LogP contribution in [0.4, 0.5) is 0 Å². The molecule has 3 nitrogen and oxygen atoms in total. The van der Waals surface area contributed by atoms with E-state index in [9.17, 15) is 4.79 Å². The lowest BCUT2D eigenvalue weighted by molar-refractivity contribution is -0.129. The fourth-order valence-electron chi connectivity index (χ4n) is 2.23. The molecule has 0 atom stereocenters. The first-order valence-electron chi connectivity index (χ1n) is 7.11. The molecule has 2 aromatic rings. The van der Waals surface area contributed by atoms with Crippen molar-refractivity contribution in [2.75, 3.05) is 14.2 Å². The van der Waals surface area contributed by atoms with Crippen LogP contribution in [0.25, 0.3) is 0 Å². The Hall–Kier alpha value is -2.00. The quantitative estimate of drug-likeness (QED) is 0.838. The van der Waals surface area contributed by atoms with Crippen molar-refractivity contribution in [1.82, 2.24) is 4.90 Å². The summed E-state index contributed by atoms with van der Waals surface area (Å²) in [5, 5.41) is 0.634. The molecule has 2 rings (SSSR count). The smallest absolute Gasteiger partial charge is 0.227 e. The van der Waals surface area contributed by atoms with Crippen molar-refractivity contribution in [3.8, 4) is 5.75 Å². The first-order valence-corrected chi connectivity index (χ1v) is 7.49. The Kier molecular flexibility index (Phi) is 5.45. The average molecular weight is 318 g/mol. The predicted octanol–water partition coefficient (Wildman–Crippen LogP) is 3.86. The molecule has 0 fully saturated rings. The van der Waals surface area contributed by atoms with Crippen molar-refractivity contribution < 1.29 is 9.53 Å². The van der Waals surface area contributed by atoms with E-state index < -0.39 is 0 Å². The zero-order valence-corrected chi connectivity index (χ0v) is 13.9. The number of benzene rings is 2. The van der Waals surface area contributed by atoms with Gasteiger partial charge in [-0.15, -0.1) is 0 Å². The van der Waals surface area contributed by atoms with Gasteiger partial charge in [0.15, 0.2) is 0 Å². The predicted molar refractivity (Wildman–Crippen MR) is 89.4 cm³/mol. The fourth-order valence-corrected chi connectivity index (χ4v) is 2.42. The van der Waals surface area contributed by atoms with Crippen LogP contribution >= 0.6 is 11.6 Å². The van der Waals surface area contributed by atoms with E-state index >= 15 is 0 Å². The molecule has 0 saturated carbocycles. The normalized spacial score (nSPS) is 10.4. The third-order valence-corrected chi connectivity index (χ3v) is 3.79. The number of ether oxygens (including phenoxy) is 1. The summed E-state index contributed by atoms with van der Waals surface area (Å²) in [6.45, 7) is 2.50. The maximum atomic E-state index is 12.3. The molecule has 4 heteroatoms. The van der Waals surface area contributed by atoms with Gasteiger partial charge in [0, 0.05) is 24.2 Å². The van der Waals surface area contributed by atoms with Crippen LogP contribution < -0.4 is 4.74 Å². The zero-order chi connectivity index (χ0) is 16.1. The number of carbonyl (C=O) groups excluding carboxylic acids is 1. The minimum absolute atomic E-state index is 0.0610. The maximum Gasteiger partial charge on any atom is 0.227 e. The number of amides is 1. The van der Waals surface area contributed by atoms with Gasteiger partial charge in [0.2, 0.25) is 5.91 Å². The second-order valence-electron chi connectivity index (χ2n) is 5.37. The fraction of sp³-hybridized carbons (Fsp3) is 0.278. The number of hydrogen-bond donors (Lipinski definition) is 0. The van der Waals surface area contributed by atoms with Gasteiger partial charge in [-0.2, -0.15) is 0 Å². The van der Waals surface area contributed by atoms with E-state index in [1.807, 2.05) is 43.3 Å². The van der Waals surface area contributed by atoms with Crippen LogP contribution in [-0.2, 0) is 17.8 Å². The molecule has 0 heterocycles. The van der Waals surface area contributed by atoms with E-state index in [0.717, 1.165) is 16.9 Å². The van der Waals surface area contributed by atoms with Crippen LogP contribution in [0.2, 0.25) is 5.02 Å². The van der Waals surface area contributed by atoms with Crippen molar-refractivity contribution in [3.63, 3.8) is 0 Å². The molecule has 0 N–H and O–H groups in total. The Balaban J connectivity index is 2.05. The number of nitrogens with zero attached hydrogens (tertiary/aromatic N) is 1. The van der Waals surface area contributed by atoms with Crippen molar-refractivity contribution in [2.24, 2.45) is 0 Å². The van der Waals surface area contributed by atoms with Crippen LogP contribution in [0, 0.1) is 6.92 Å². The summed E-state index contributed by atoms with van der Waals surface area (Å²) in [5.41, 5.74) is 3.10. The Morgan fingerprint density at radius 3 is 2.50 bits per heavy atom.